The lowest BCUT2D eigenvalue weighted by atomic mass is 9.83. The van der Waals surface area contributed by atoms with E-state index >= 15 is 0 Å². The van der Waals surface area contributed by atoms with Crippen molar-refractivity contribution in [2.24, 2.45) is 0 Å². The molecule has 1 unspecified atom stereocenters. The third kappa shape index (κ3) is 7.38. The summed E-state index contributed by atoms with van der Waals surface area (Å²) < 4.78 is 26.2. The minimum absolute atomic E-state index is 0.0104. The van der Waals surface area contributed by atoms with Gasteiger partial charge < -0.3 is 18.9 Å². The van der Waals surface area contributed by atoms with Crippen molar-refractivity contribution >= 4 is 68.4 Å². The fourth-order valence-corrected chi connectivity index (χ4v) is 7.01. The number of hydrogen-bond donors (Lipinski definition) is 0. The Balaban J connectivity index is 1.44. The minimum Gasteiger partial charge on any atom is -0.488 e. The predicted octanol–water partition coefficient (Wildman–Crippen LogP) is 9.31. The molecule has 4 aromatic rings. The average molecular weight is 827 g/mol. The SMILES string of the molecule is Clc1ccc(I)cc1Cc1ccc(O[C@H]2CCOC2)c(C(c2ccc(O[C@H]3CCOC3)cc2)c2cc(I)ccc2Cl)c1. The van der Waals surface area contributed by atoms with E-state index in [2.05, 4.69) is 87.6 Å². The van der Waals surface area contributed by atoms with Crippen LogP contribution in [-0.2, 0) is 15.9 Å². The van der Waals surface area contributed by atoms with Crippen LogP contribution in [0.25, 0.3) is 0 Å². The van der Waals surface area contributed by atoms with Crippen molar-refractivity contribution in [2.45, 2.75) is 37.4 Å². The van der Waals surface area contributed by atoms with Crippen LogP contribution in [0.5, 0.6) is 11.5 Å². The van der Waals surface area contributed by atoms with Gasteiger partial charge in [0.2, 0.25) is 0 Å². The monoisotopic (exact) mass is 826 g/mol. The van der Waals surface area contributed by atoms with Crippen LogP contribution < -0.4 is 9.47 Å². The second-order valence-electron chi connectivity index (χ2n) is 10.7. The van der Waals surface area contributed by atoms with Crippen molar-refractivity contribution in [3.8, 4) is 11.5 Å². The maximum absolute atomic E-state index is 6.94. The van der Waals surface area contributed by atoms with Gasteiger partial charge >= 0.3 is 0 Å². The van der Waals surface area contributed by atoms with Gasteiger partial charge in [0.1, 0.15) is 23.7 Å². The van der Waals surface area contributed by atoms with Gasteiger partial charge in [-0.3, -0.25) is 0 Å². The first-order valence-electron chi connectivity index (χ1n) is 14.0. The first kappa shape index (κ1) is 30.5. The van der Waals surface area contributed by atoms with Crippen LogP contribution in [0.1, 0.15) is 46.6 Å². The summed E-state index contributed by atoms with van der Waals surface area (Å²) in [5, 5.41) is 1.48. The molecule has 0 bridgehead atoms. The molecule has 0 aliphatic carbocycles. The van der Waals surface area contributed by atoms with E-state index in [0.717, 1.165) is 70.9 Å². The predicted molar refractivity (Wildman–Crippen MR) is 185 cm³/mol. The van der Waals surface area contributed by atoms with Crippen LogP contribution in [0.2, 0.25) is 10.0 Å². The number of halogens is 4. The Hall–Kier alpha value is -1.56. The largest absolute Gasteiger partial charge is 0.488 e. The number of benzene rings is 4. The minimum atomic E-state index is -0.167. The summed E-state index contributed by atoms with van der Waals surface area (Å²) in [5.41, 5.74) is 5.43. The number of rotatable bonds is 9. The molecule has 4 nitrogen and oxygen atoms in total. The zero-order chi connectivity index (χ0) is 29.1. The summed E-state index contributed by atoms with van der Waals surface area (Å²) in [6.45, 7) is 2.67. The molecule has 2 saturated heterocycles. The Morgan fingerprint density at radius 3 is 2.07 bits per heavy atom. The zero-order valence-corrected chi connectivity index (χ0v) is 28.7. The molecule has 218 valence electrons. The molecule has 42 heavy (non-hydrogen) atoms. The molecule has 0 radical (unpaired) electrons. The molecule has 0 saturated carbocycles. The molecule has 8 heteroatoms. The van der Waals surface area contributed by atoms with E-state index in [1.54, 1.807) is 0 Å². The second-order valence-corrected chi connectivity index (χ2v) is 14.0. The third-order valence-corrected chi connectivity index (χ3v) is 9.70. The van der Waals surface area contributed by atoms with Crippen molar-refractivity contribution in [2.75, 3.05) is 26.4 Å². The van der Waals surface area contributed by atoms with Crippen molar-refractivity contribution in [1.82, 2.24) is 0 Å². The summed E-state index contributed by atoms with van der Waals surface area (Å²) in [6.07, 6.45) is 2.58. The summed E-state index contributed by atoms with van der Waals surface area (Å²) in [7, 11) is 0. The molecule has 0 spiro atoms. The van der Waals surface area contributed by atoms with E-state index in [9.17, 15) is 0 Å². The summed E-state index contributed by atoms with van der Waals surface area (Å²) >= 11 is 18.2. The fraction of sp³-hybridized carbons (Fsp3) is 0.294. The van der Waals surface area contributed by atoms with Gasteiger partial charge in [-0.15, -0.1) is 0 Å². The quantitative estimate of drug-likeness (QED) is 0.125. The molecule has 3 atom stereocenters. The molecule has 2 aliphatic heterocycles. The number of hydrogen-bond acceptors (Lipinski definition) is 4. The molecule has 4 aromatic carbocycles. The van der Waals surface area contributed by atoms with Crippen LogP contribution in [0.4, 0.5) is 0 Å². The Kier molecular flexibility index (Phi) is 10.2. The lowest BCUT2D eigenvalue weighted by molar-refractivity contribution is 0.140. The third-order valence-electron chi connectivity index (χ3n) is 7.64. The highest BCUT2D eigenvalue weighted by Crippen LogP contribution is 2.42. The molecule has 0 amide bonds. The summed E-state index contributed by atoms with van der Waals surface area (Å²) in [6, 6.07) is 27.2. The van der Waals surface area contributed by atoms with Crippen molar-refractivity contribution in [1.29, 1.82) is 0 Å². The normalized spacial score (nSPS) is 19.1. The van der Waals surface area contributed by atoms with E-state index in [1.165, 1.54) is 0 Å². The topological polar surface area (TPSA) is 36.9 Å². The lowest BCUT2D eigenvalue weighted by Crippen LogP contribution is -2.18. The molecule has 2 heterocycles. The first-order valence-corrected chi connectivity index (χ1v) is 16.9. The second kappa shape index (κ2) is 14.0. The maximum Gasteiger partial charge on any atom is 0.124 e. The number of ether oxygens (including phenoxy) is 4. The molecule has 6 rings (SSSR count). The van der Waals surface area contributed by atoms with E-state index in [0.29, 0.717) is 31.3 Å². The van der Waals surface area contributed by atoms with E-state index < -0.39 is 0 Å². The van der Waals surface area contributed by atoms with E-state index in [4.69, 9.17) is 42.1 Å². The van der Waals surface area contributed by atoms with Gasteiger partial charge in [0.15, 0.2) is 0 Å². The molecule has 0 N–H and O–H groups in total. The van der Waals surface area contributed by atoms with Gasteiger partial charge in [0.05, 0.1) is 26.4 Å². The fourth-order valence-electron chi connectivity index (χ4n) is 5.52. The van der Waals surface area contributed by atoms with E-state index in [1.807, 2.05) is 36.4 Å². The highest BCUT2D eigenvalue weighted by atomic mass is 127. The van der Waals surface area contributed by atoms with Gasteiger partial charge in [-0.25, -0.2) is 0 Å². The van der Waals surface area contributed by atoms with Crippen LogP contribution >= 0.6 is 68.4 Å². The van der Waals surface area contributed by atoms with Crippen molar-refractivity contribution < 1.29 is 18.9 Å². The molecular weight excluding hydrogens is 797 g/mol. The van der Waals surface area contributed by atoms with Crippen LogP contribution in [0.3, 0.4) is 0 Å². The Bertz CT molecular complexity index is 1530. The summed E-state index contributed by atoms with van der Waals surface area (Å²) in [4.78, 5) is 0. The van der Waals surface area contributed by atoms with Gasteiger partial charge in [0, 0.05) is 41.5 Å². The van der Waals surface area contributed by atoms with Crippen LogP contribution in [0.15, 0.2) is 78.9 Å². The molecule has 0 aromatic heterocycles. The zero-order valence-electron chi connectivity index (χ0n) is 22.8. The van der Waals surface area contributed by atoms with Crippen molar-refractivity contribution in [3.05, 3.63) is 124 Å². The van der Waals surface area contributed by atoms with Gasteiger partial charge in [-0.1, -0.05) is 47.5 Å². The lowest BCUT2D eigenvalue weighted by Gasteiger charge is -2.25. The Morgan fingerprint density at radius 1 is 0.714 bits per heavy atom. The summed E-state index contributed by atoms with van der Waals surface area (Å²) in [5.74, 6) is 1.51. The van der Waals surface area contributed by atoms with Crippen LogP contribution in [0, 0.1) is 7.14 Å². The maximum atomic E-state index is 6.94. The average Bonchev–Trinajstić information content (AvgIpc) is 3.70. The highest BCUT2D eigenvalue weighted by molar-refractivity contribution is 14.1. The van der Waals surface area contributed by atoms with Gasteiger partial charge in [-0.05, 0) is 128 Å². The molecular formula is C34H30Cl2I2O4. The van der Waals surface area contributed by atoms with E-state index in [-0.39, 0.29) is 18.1 Å². The standard InChI is InChI=1S/C34H30Cl2I2O4/c35-31-8-4-24(37)17-23(31)15-21-1-10-33(42-28-12-14-40-20-28)30(16-21)34(29-18-25(38)5-9-32(29)36)22-2-6-26(7-3-22)41-27-11-13-39-19-27/h1-10,16-18,27-28,34H,11-15,19-20H2/t27-,28-,34?/m0/s1. The van der Waals surface area contributed by atoms with Crippen LogP contribution in [-0.4, -0.2) is 38.6 Å². The Morgan fingerprint density at radius 2 is 1.38 bits per heavy atom. The van der Waals surface area contributed by atoms with Crippen molar-refractivity contribution in [3.63, 3.8) is 0 Å². The molecule has 2 aliphatic rings. The smallest absolute Gasteiger partial charge is 0.124 e. The molecule has 2 fully saturated rings. The first-order chi connectivity index (χ1) is 20.4. The Labute approximate surface area is 284 Å². The highest BCUT2D eigenvalue weighted by Gasteiger charge is 2.27. The van der Waals surface area contributed by atoms with Gasteiger partial charge in [-0.2, -0.15) is 0 Å². The van der Waals surface area contributed by atoms with Gasteiger partial charge in [0.25, 0.3) is 0 Å².